The molecule has 1 amide bonds. The summed E-state index contributed by atoms with van der Waals surface area (Å²) in [6.07, 6.45) is 0. The van der Waals surface area contributed by atoms with Gasteiger partial charge in [0.2, 0.25) is 0 Å². The molecule has 1 fully saturated rings. The van der Waals surface area contributed by atoms with Crippen LogP contribution in [0.2, 0.25) is 0 Å². The molecule has 3 heterocycles. The molecule has 0 radical (unpaired) electrons. The molecular formula is C20H23FN4OS. The Morgan fingerprint density at radius 2 is 2.07 bits per heavy atom. The molecule has 27 heavy (non-hydrogen) atoms. The first-order chi connectivity index (χ1) is 13.1. The molecule has 1 aliphatic heterocycles. The second-order valence-corrected chi connectivity index (χ2v) is 7.97. The molecule has 1 atom stereocenters. The number of rotatable bonds is 5. The zero-order chi connectivity index (χ0) is 18.8. The van der Waals surface area contributed by atoms with Crippen molar-refractivity contribution in [1.29, 1.82) is 0 Å². The fourth-order valence-corrected chi connectivity index (χ4v) is 4.40. The molecule has 0 aliphatic carbocycles. The van der Waals surface area contributed by atoms with E-state index in [1.807, 2.05) is 0 Å². The van der Waals surface area contributed by atoms with Crippen molar-refractivity contribution in [2.75, 3.05) is 39.8 Å². The van der Waals surface area contributed by atoms with E-state index < -0.39 is 0 Å². The molecule has 2 aromatic heterocycles. The van der Waals surface area contributed by atoms with E-state index in [-0.39, 0.29) is 17.8 Å². The molecule has 1 aliphatic rings. The summed E-state index contributed by atoms with van der Waals surface area (Å²) >= 11 is 1.72. The zero-order valence-corrected chi connectivity index (χ0v) is 16.1. The molecule has 0 saturated carbocycles. The highest BCUT2D eigenvalue weighted by Gasteiger charge is 2.25. The van der Waals surface area contributed by atoms with Gasteiger partial charge in [-0.25, -0.2) is 4.39 Å². The van der Waals surface area contributed by atoms with Crippen molar-refractivity contribution >= 4 is 28.1 Å². The third kappa shape index (κ3) is 4.05. The lowest BCUT2D eigenvalue weighted by molar-refractivity contribution is 0.0886. The first-order valence-corrected chi connectivity index (χ1v) is 10.0. The van der Waals surface area contributed by atoms with Gasteiger partial charge in [-0.05, 0) is 42.8 Å². The average molecular weight is 386 g/mol. The van der Waals surface area contributed by atoms with Crippen molar-refractivity contribution in [3.63, 3.8) is 0 Å². The van der Waals surface area contributed by atoms with E-state index in [0.29, 0.717) is 17.6 Å². The number of carbonyl (C=O) groups excluding carboxylic acids is 1. The fraction of sp³-hybridized carbons (Fsp3) is 0.350. The fourth-order valence-electron chi connectivity index (χ4n) is 3.53. The maximum Gasteiger partial charge on any atom is 0.267 e. The summed E-state index contributed by atoms with van der Waals surface area (Å²) in [7, 11) is 2.14. The van der Waals surface area contributed by atoms with Crippen molar-refractivity contribution in [3.05, 3.63) is 58.2 Å². The van der Waals surface area contributed by atoms with Gasteiger partial charge in [0.15, 0.2) is 0 Å². The van der Waals surface area contributed by atoms with E-state index in [1.165, 1.54) is 17.0 Å². The van der Waals surface area contributed by atoms with E-state index in [1.54, 1.807) is 23.5 Å². The molecule has 0 bridgehead atoms. The Hall–Kier alpha value is -2.22. The van der Waals surface area contributed by atoms with Gasteiger partial charge in [0, 0.05) is 48.5 Å². The van der Waals surface area contributed by atoms with Crippen LogP contribution in [0.25, 0.3) is 10.9 Å². The van der Waals surface area contributed by atoms with Crippen molar-refractivity contribution in [2.45, 2.75) is 6.04 Å². The number of fused-ring (bicyclic) bond motifs is 1. The van der Waals surface area contributed by atoms with E-state index in [9.17, 15) is 9.18 Å². The molecular weight excluding hydrogens is 363 g/mol. The number of thiophene rings is 1. The molecule has 7 heteroatoms. The lowest BCUT2D eigenvalue weighted by atomic mass is 10.1. The van der Waals surface area contributed by atoms with Crippen LogP contribution >= 0.6 is 11.3 Å². The van der Waals surface area contributed by atoms with E-state index in [2.05, 4.69) is 44.7 Å². The molecule has 142 valence electrons. The third-order valence-electron chi connectivity index (χ3n) is 5.13. The Bertz CT molecular complexity index is 915. The Labute approximate surface area is 161 Å². The Balaban J connectivity index is 1.47. The summed E-state index contributed by atoms with van der Waals surface area (Å²) in [6, 6.07) is 10.5. The van der Waals surface area contributed by atoms with Gasteiger partial charge in [0.05, 0.1) is 6.04 Å². The summed E-state index contributed by atoms with van der Waals surface area (Å²) in [5.74, 6) is -0.469. The maximum atomic E-state index is 13.4. The second-order valence-electron chi connectivity index (χ2n) is 7.00. The van der Waals surface area contributed by atoms with Gasteiger partial charge in [-0.2, -0.15) is 0 Å². The maximum absolute atomic E-state index is 13.4. The van der Waals surface area contributed by atoms with Gasteiger partial charge in [0.1, 0.15) is 11.5 Å². The van der Waals surface area contributed by atoms with Crippen LogP contribution < -0.4 is 5.32 Å². The van der Waals surface area contributed by atoms with Gasteiger partial charge in [-0.3, -0.25) is 9.69 Å². The number of piperazine rings is 1. The summed E-state index contributed by atoms with van der Waals surface area (Å²) in [5.41, 5.74) is 1.22. The van der Waals surface area contributed by atoms with Gasteiger partial charge >= 0.3 is 0 Å². The number of benzene rings is 1. The first-order valence-electron chi connectivity index (χ1n) is 9.12. The third-order valence-corrected chi connectivity index (χ3v) is 6.11. The summed E-state index contributed by atoms with van der Waals surface area (Å²) in [4.78, 5) is 21.7. The molecule has 0 unspecified atom stereocenters. The second kappa shape index (κ2) is 7.80. The van der Waals surface area contributed by atoms with E-state index in [0.717, 1.165) is 31.7 Å². The standard InChI is InChI=1S/C20H23FN4OS/c1-24-6-8-25(9-7-24)18(19-3-2-10-27-19)13-22-20(26)17-12-14-11-15(21)4-5-16(14)23-17/h2-5,10-12,18,23H,6-9,13H2,1H3,(H,22,26)/t18-/m0/s1. The van der Waals surface area contributed by atoms with E-state index in [4.69, 9.17) is 0 Å². The molecule has 2 N–H and O–H groups in total. The van der Waals surface area contributed by atoms with Crippen molar-refractivity contribution in [1.82, 2.24) is 20.1 Å². The number of aromatic amines is 1. The molecule has 4 rings (SSSR count). The van der Waals surface area contributed by atoms with Crippen molar-refractivity contribution in [2.24, 2.45) is 0 Å². The van der Waals surface area contributed by atoms with Crippen LogP contribution in [0.5, 0.6) is 0 Å². The van der Waals surface area contributed by atoms with Crippen molar-refractivity contribution in [3.8, 4) is 0 Å². The molecule has 3 aromatic rings. The van der Waals surface area contributed by atoms with Crippen LogP contribution in [-0.2, 0) is 0 Å². The Morgan fingerprint density at radius 1 is 1.26 bits per heavy atom. The first kappa shape index (κ1) is 18.2. The predicted octanol–water partition coefficient (Wildman–Crippen LogP) is 3.09. The van der Waals surface area contributed by atoms with Crippen LogP contribution in [0.15, 0.2) is 41.8 Å². The highest BCUT2D eigenvalue weighted by atomic mass is 32.1. The number of likely N-dealkylation sites (N-methyl/N-ethyl adjacent to an activating group) is 1. The Kier molecular flexibility index (Phi) is 5.24. The normalized spacial score (nSPS) is 17.3. The van der Waals surface area contributed by atoms with Crippen LogP contribution in [0.1, 0.15) is 21.4 Å². The van der Waals surface area contributed by atoms with E-state index >= 15 is 0 Å². The SMILES string of the molecule is CN1CCN([C@@H](CNC(=O)c2cc3cc(F)ccc3[nH]2)c2cccs2)CC1. The number of nitrogens with one attached hydrogen (secondary N) is 2. The van der Waals surface area contributed by atoms with Gasteiger partial charge in [-0.1, -0.05) is 6.07 Å². The number of halogens is 1. The molecule has 1 aromatic carbocycles. The van der Waals surface area contributed by atoms with Crippen LogP contribution in [0, 0.1) is 5.82 Å². The number of amides is 1. The minimum absolute atomic E-state index is 0.165. The number of H-pyrrole nitrogens is 1. The van der Waals surface area contributed by atoms with Crippen molar-refractivity contribution < 1.29 is 9.18 Å². The van der Waals surface area contributed by atoms with Gasteiger partial charge in [0.25, 0.3) is 5.91 Å². The Morgan fingerprint density at radius 3 is 2.81 bits per heavy atom. The molecule has 1 saturated heterocycles. The average Bonchev–Trinajstić information content (AvgIpc) is 3.32. The van der Waals surface area contributed by atoms with Crippen LogP contribution in [0.3, 0.4) is 0 Å². The lowest BCUT2D eigenvalue weighted by Crippen LogP contribution is -2.48. The number of aromatic nitrogens is 1. The zero-order valence-electron chi connectivity index (χ0n) is 15.2. The number of hydrogen-bond acceptors (Lipinski definition) is 4. The minimum Gasteiger partial charge on any atom is -0.351 e. The molecule has 5 nitrogen and oxygen atoms in total. The number of carbonyl (C=O) groups is 1. The van der Waals surface area contributed by atoms with Crippen LogP contribution in [-0.4, -0.2) is 60.5 Å². The van der Waals surface area contributed by atoms with Crippen LogP contribution in [0.4, 0.5) is 4.39 Å². The minimum atomic E-state index is -0.304. The molecule has 0 spiro atoms. The topological polar surface area (TPSA) is 51.4 Å². The number of hydrogen-bond donors (Lipinski definition) is 2. The summed E-state index contributed by atoms with van der Waals surface area (Å²) < 4.78 is 13.4. The van der Waals surface area contributed by atoms with Gasteiger partial charge < -0.3 is 15.2 Å². The summed E-state index contributed by atoms with van der Waals surface area (Å²) in [5, 5.41) is 5.84. The highest BCUT2D eigenvalue weighted by Crippen LogP contribution is 2.26. The van der Waals surface area contributed by atoms with Gasteiger partial charge in [-0.15, -0.1) is 11.3 Å². The number of nitrogens with zero attached hydrogens (tertiary/aromatic N) is 2. The highest BCUT2D eigenvalue weighted by molar-refractivity contribution is 7.10. The predicted molar refractivity (Wildman–Crippen MR) is 107 cm³/mol. The largest absolute Gasteiger partial charge is 0.351 e. The lowest BCUT2D eigenvalue weighted by Gasteiger charge is -2.37. The monoisotopic (exact) mass is 386 g/mol. The quantitative estimate of drug-likeness (QED) is 0.709. The summed E-state index contributed by atoms with van der Waals surface area (Å²) in [6.45, 7) is 4.58. The smallest absolute Gasteiger partial charge is 0.267 e.